The van der Waals surface area contributed by atoms with Crippen molar-refractivity contribution < 1.29 is 8.78 Å². The van der Waals surface area contributed by atoms with Crippen LogP contribution < -0.4 is 0 Å². The number of allylic oxidation sites excluding steroid dienone is 2. The van der Waals surface area contributed by atoms with Crippen LogP contribution in [0.1, 0.15) is 44.6 Å². The lowest BCUT2D eigenvalue weighted by Gasteiger charge is -2.24. The molecule has 3 rings (SSSR count). The summed E-state index contributed by atoms with van der Waals surface area (Å²) in [5.41, 5.74) is 2.02. The third-order valence-electron chi connectivity index (χ3n) is 4.95. The molecule has 134 valence electrons. The summed E-state index contributed by atoms with van der Waals surface area (Å²) in [6.07, 6.45) is 12.1. The summed E-state index contributed by atoms with van der Waals surface area (Å²) < 4.78 is 26.4. The molecule has 1 aliphatic carbocycles. The molecule has 2 aromatic rings. The molecule has 0 saturated heterocycles. The van der Waals surface area contributed by atoms with E-state index in [4.69, 9.17) is 0 Å². The monoisotopic (exact) mass is 351 g/mol. The van der Waals surface area contributed by atoms with Crippen molar-refractivity contribution in [2.75, 3.05) is 0 Å². The third kappa shape index (κ3) is 4.79. The van der Waals surface area contributed by atoms with Crippen LogP contribution >= 0.6 is 0 Å². The van der Waals surface area contributed by atoms with Crippen molar-refractivity contribution in [2.24, 2.45) is 11.8 Å². The van der Waals surface area contributed by atoms with E-state index in [2.05, 4.69) is 35.9 Å². The minimum absolute atomic E-state index is 0.461. The molecule has 0 radical (unpaired) electrons. The smallest absolute Gasteiger partial charge is 0.159 e. The Hall–Kier alpha value is -2.47. The highest BCUT2D eigenvalue weighted by Gasteiger charge is 2.18. The van der Waals surface area contributed by atoms with Crippen LogP contribution in [0.5, 0.6) is 0 Å². The van der Waals surface area contributed by atoms with E-state index in [9.17, 15) is 8.78 Å². The minimum atomic E-state index is -0.863. The van der Waals surface area contributed by atoms with Gasteiger partial charge < -0.3 is 0 Å². The van der Waals surface area contributed by atoms with Crippen LogP contribution in [0, 0.1) is 35.3 Å². The quantitative estimate of drug-likeness (QED) is 0.477. The summed E-state index contributed by atoms with van der Waals surface area (Å²) in [6.45, 7) is 2.07. The average molecular weight is 351 g/mol. The van der Waals surface area contributed by atoms with E-state index >= 15 is 0 Å². The zero-order valence-electron chi connectivity index (χ0n) is 15.0. The van der Waals surface area contributed by atoms with Crippen LogP contribution in [0.25, 0.3) is 11.3 Å². The minimum Gasteiger partial charge on any atom is -0.255 e. The Bertz CT molecular complexity index is 820. The van der Waals surface area contributed by atoms with Crippen molar-refractivity contribution in [1.82, 2.24) is 4.98 Å². The molecule has 1 saturated carbocycles. The largest absolute Gasteiger partial charge is 0.255 e. The lowest BCUT2D eigenvalue weighted by atomic mass is 9.81. The maximum absolute atomic E-state index is 13.3. The van der Waals surface area contributed by atoms with Gasteiger partial charge in [0.15, 0.2) is 11.6 Å². The molecular weight excluding hydrogens is 328 g/mol. The standard InChI is InChI=1S/C23H23F2N/c1-2-3-4-17-5-7-18(8-6-17)9-10-19-11-14-23(26-16-19)20-12-13-21(24)22(25)15-20/h2-3,11-18H,4-8H2,1H3. The van der Waals surface area contributed by atoms with Gasteiger partial charge in [-0.25, -0.2) is 8.78 Å². The van der Waals surface area contributed by atoms with E-state index in [1.807, 2.05) is 6.07 Å². The Balaban J connectivity index is 1.60. The second-order valence-corrected chi connectivity index (χ2v) is 6.85. The fourth-order valence-electron chi connectivity index (χ4n) is 3.35. The Morgan fingerprint density at radius 1 is 1.08 bits per heavy atom. The zero-order valence-corrected chi connectivity index (χ0v) is 15.0. The van der Waals surface area contributed by atoms with Crippen LogP contribution in [0.4, 0.5) is 8.78 Å². The highest BCUT2D eigenvalue weighted by atomic mass is 19.2. The maximum Gasteiger partial charge on any atom is 0.159 e. The van der Waals surface area contributed by atoms with Gasteiger partial charge in [-0.1, -0.05) is 24.0 Å². The SMILES string of the molecule is CC=CCC1CCC(C#Cc2ccc(-c3ccc(F)c(F)c3)nc2)CC1. The van der Waals surface area contributed by atoms with E-state index in [0.717, 1.165) is 36.5 Å². The van der Waals surface area contributed by atoms with Crippen molar-refractivity contribution >= 4 is 0 Å². The van der Waals surface area contributed by atoms with Crippen LogP contribution in [0.2, 0.25) is 0 Å². The van der Waals surface area contributed by atoms with Crippen molar-refractivity contribution in [3.05, 3.63) is 65.9 Å². The van der Waals surface area contributed by atoms with Gasteiger partial charge >= 0.3 is 0 Å². The van der Waals surface area contributed by atoms with E-state index in [1.165, 1.54) is 25.3 Å². The van der Waals surface area contributed by atoms with Gasteiger partial charge in [0, 0.05) is 23.2 Å². The van der Waals surface area contributed by atoms with Gasteiger partial charge in [0.25, 0.3) is 0 Å². The van der Waals surface area contributed by atoms with E-state index in [0.29, 0.717) is 17.2 Å². The highest BCUT2D eigenvalue weighted by Crippen LogP contribution is 2.30. The van der Waals surface area contributed by atoms with Crippen LogP contribution in [-0.4, -0.2) is 4.98 Å². The first kappa shape index (κ1) is 18.3. The van der Waals surface area contributed by atoms with Crippen molar-refractivity contribution in [1.29, 1.82) is 0 Å². The van der Waals surface area contributed by atoms with Gasteiger partial charge in [-0.15, -0.1) is 0 Å². The predicted molar refractivity (Wildman–Crippen MR) is 101 cm³/mol. The fraction of sp³-hybridized carbons (Fsp3) is 0.348. The second-order valence-electron chi connectivity index (χ2n) is 6.85. The number of rotatable bonds is 3. The Morgan fingerprint density at radius 3 is 2.54 bits per heavy atom. The molecule has 26 heavy (non-hydrogen) atoms. The summed E-state index contributed by atoms with van der Waals surface area (Å²) in [4.78, 5) is 4.33. The summed E-state index contributed by atoms with van der Waals surface area (Å²) in [7, 11) is 0. The third-order valence-corrected chi connectivity index (χ3v) is 4.95. The molecule has 0 aliphatic heterocycles. The molecule has 3 heteroatoms. The molecule has 1 nitrogen and oxygen atoms in total. The maximum atomic E-state index is 13.3. The first-order chi connectivity index (χ1) is 12.7. The van der Waals surface area contributed by atoms with Gasteiger partial charge in [0.05, 0.1) is 5.69 Å². The number of halogens is 2. The summed E-state index contributed by atoms with van der Waals surface area (Å²) >= 11 is 0. The fourth-order valence-corrected chi connectivity index (χ4v) is 3.35. The number of hydrogen-bond acceptors (Lipinski definition) is 1. The van der Waals surface area contributed by atoms with E-state index in [-0.39, 0.29) is 0 Å². The number of nitrogens with zero attached hydrogens (tertiary/aromatic N) is 1. The van der Waals surface area contributed by atoms with Gasteiger partial charge in [0.2, 0.25) is 0 Å². The van der Waals surface area contributed by atoms with Crippen LogP contribution in [0.3, 0.4) is 0 Å². The Labute approximate surface area is 154 Å². The molecule has 0 bridgehead atoms. The summed E-state index contributed by atoms with van der Waals surface area (Å²) in [5.74, 6) is 6.14. The Kier molecular flexibility index (Phi) is 6.17. The topological polar surface area (TPSA) is 12.9 Å². The normalized spacial score (nSPS) is 20.0. The first-order valence-corrected chi connectivity index (χ1v) is 9.20. The average Bonchev–Trinajstić information content (AvgIpc) is 2.68. The Morgan fingerprint density at radius 2 is 1.88 bits per heavy atom. The van der Waals surface area contributed by atoms with Gasteiger partial charge in [-0.3, -0.25) is 4.98 Å². The number of hydrogen-bond donors (Lipinski definition) is 0. The molecule has 1 fully saturated rings. The molecule has 0 unspecified atom stereocenters. The van der Waals surface area contributed by atoms with Crippen LogP contribution in [-0.2, 0) is 0 Å². The molecular formula is C23H23F2N. The number of aromatic nitrogens is 1. The lowest BCUT2D eigenvalue weighted by Crippen LogP contribution is -2.12. The molecule has 0 N–H and O–H groups in total. The number of benzene rings is 1. The first-order valence-electron chi connectivity index (χ1n) is 9.20. The van der Waals surface area contributed by atoms with Crippen molar-refractivity contribution in [3.63, 3.8) is 0 Å². The van der Waals surface area contributed by atoms with Crippen LogP contribution in [0.15, 0.2) is 48.7 Å². The summed E-state index contributed by atoms with van der Waals surface area (Å²) in [6, 6.07) is 7.49. The lowest BCUT2D eigenvalue weighted by molar-refractivity contribution is 0.319. The second kappa shape index (κ2) is 8.76. The zero-order chi connectivity index (χ0) is 18.4. The predicted octanol–water partition coefficient (Wildman–Crippen LogP) is 6.15. The van der Waals surface area contributed by atoms with Gasteiger partial charge in [-0.2, -0.15) is 0 Å². The molecule has 1 aromatic carbocycles. The number of pyridine rings is 1. The molecule has 0 amide bonds. The molecule has 1 aromatic heterocycles. The van der Waals surface area contributed by atoms with Gasteiger partial charge in [-0.05, 0) is 75.3 Å². The highest BCUT2D eigenvalue weighted by molar-refractivity contribution is 5.59. The molecule has 1 aliphatic rings. The molecule has 0 atom stereocenters. The molecule has 1 heterocycles. The summed E-state index contributed by atoms with van der Waals surface area (Å²) in [5, 5.41) is 0. The molecule has 0 spiro atoms. The van der Waals surface area contributed by atoms with E-state index in [1.54, 1.807) is 12.3 Å². The van der Waals surface area contributed by atoms with Crippen molar-refractivity contribution in [2.45, 2.75) is 39.0 Å². The van der Waals surface area contributed by atoms with E-state index < -0.39 is 11.6 Å². The van der Waals surface area contributed by atoms with Gasteiger partial charge in [0.1, 0.15) is 0 Å². The van der Waals surface area contributed by atoms with Crippen molar-refractivity contribution in [3.8, 4) is 23.1 Å².